The number of cyclic esters (lactones) is 1. The first kappa shape index (κ1) is 29.0. The lowest BCUT2D eigenvalue weighted by Gasteiger charge is -2.34. The number of rotatable bonds is 7. The summed E-state index contributed by atoms with van der Waals surface area (Å²) in [4.78, 5) is 40.1. The van der Waals surface area contributed by atoms with E-state index < -0.39 is 0 Å². The summed E-state index contributed by atoms with van der Waals surface area (Å²) in [7, 11) is 0. The SMILES string of the molecule is CC(C)(C)[C@H]1CCc2nc3sc(C(=O)N[C@H](CCN4CCC(O)CC4)c4ccc(N5CCOC5=O)cc4)nc3cc2C1. The van der Waals surface area contributed by atoms with Crippen molar-refractivity contribution in [3.05, 3.63) is 52.2 Å². The monoisotopic (exact) mass is 591 g/mol. The number of amides is 2. The molecule has 0 radical (unpaired) electrons. The lowest BCUT2D eigenvalue weighted by atomic mass is 9.71. The zero-order valence-electron chi connectivity index (χ0n) is 24.8. The Balaban J connectivity index is 1.20. The van der Waals surface area contributed by atoms with E-state index in [1.807, 2.05) is 24.3 Å². The van der Waals surface area contributed by atoms with Gasteiger partial charge in [-0.15, -0.1) is 0 Å². The molecule has 0 spiro atoms. The van der Waals surface area contributed by atoms with Crippen molar-refractivity contribution in [2.75, 3.05) is 37.7 Å². The maximum absolute atomic E-state index is 13.6. The van der Waals surface area contributed by atoms with Crippen LogP contribution in [0.4, 0.5) is 10.5 Å². The van der Waals surface area contributed by atoms with Crippen LogP contribution in [0.2, 0.25) is 0 Å². The molecule has 42 heavy (non-hydrogen) atoms. The van der Waals surface area contributed by atoms with Gasteiger partial charge in [0.2, 0.25) is 0 Å². The standard InChI is InChI=1S/C32H41N5O4S/c1-32(2,3)22-6-9-25-21(18-22)19-27-29(34-25)42-30(35-27)28(39)33-26(12-15-36-13-10-24(38)11-14-36)20-4-7-23(8-5-20)37-16-17-41-31(37)40/h4-5,7-8,19,22,24,26,38H,6,9-18H2,1-3H3,(H,33,39)/t22-,26+/m0/s1. The molecule has 0 bridgehead atoms. The number of aliphatic hydroxyl groups excluding tert-OH is 1. The van der Waals surface area contributed by atoms with Gasteiger partial charge in [-0.2, -0.15) is 0 Å². The predicted octanol–water partition coefficient (Wildman–Crippen LogP) is 5.12. The van der Waals surface area contributed by atoms with Crippen molar-refractivity contribution in [2.45, 2.75) is 71.4 Å². The minimum absolute atomic E-state index is 0.199. The summed E-state index contributed by atoms with van der Waals surface area (Å²) in [6.45, 7) is 10.3. The molecule has 9 nitrogen and oxygen atoms in total. The molecule has 2 amide bonds. The Morgan fingerprint density at radius 2 is 1.90 bits per heavy atom. The zero-order valence-corrected chi connectivity index (χ0v) is 25.6. The van der Waals surface area contributed by atoms with Crippen molar-refractivity contribution in [2.24, 2.45) is 11.3 Å². The van der Waals surface area contributed by atoms with Crippen molar-refractivity contribution in [1.82, 2.24) is 20.2 Å². The molecule has 224 valence electrons. The normalized spacial score (nSPS) is 20.9. The lowest BCUT2D eigenvalue weighted by Crippen LogP contribution is -2.38. The second-order valence-electron chi connectivity index (χ2n) is 13.0. The number of aliphatic hydroxyl groups is 1. The fraction of sp³-hybridized carbons (Fsp3) is 0.562. The number of likely N-dealkylation sites (tertiary alicyclic amines) is 1. The van der Waals surface area contributed by atoms with Gasteiger partial charge in [-0.1, -0.05) is 44.2 Å². The van der Waals surface area contributed by atoms with Gasteiger partial charge >= 0.3 is 6.09 Å². The van der Waals surface area contributed by atoms with Gasteiger partial charge in [0.1, 0.15) is 17.0 Å². The van der Waals surface area contributed by atoms with Gasteiger partial charge in [0.05, 0.1) is 18.7 Å². The van der Waals surface area contributed by atoms with Gasteiger partial charge in [0.15, 0.2) is 5.01 Å². The number of nitrogens with zero attached hydrogens (tertiary/aromatic N) is 4. The molecule has 0 saturated carbocycles. The van der Waals surface area contributed by atoms with Crippen molar-refractivity contribution >= 4 is 39.4 Å². The second kappa shape index (κ2) is 11.9. The molecule has 4 heterocycles. The third-order valence-corrected chi connectivity index (χ3v) is 10.1. The first-order chi connectivity index (χ1) is 20.1. The third kappa shape index (κ3) is 6.31. The number of carbonyl (C=O) groups is 2. The van der Waals surface area contributed by atoms with Gasteiger partial charge in [-0.05, 0) is 79.2 Å². The summed E-state index contributed by atoms with van der Waals surface area (Å²) in [5.74, 6) is 0.409. The first-order valence-corrected chi connectivity index (χ1v) is 16.0. The van der Waals surface area contributed by atoms with E-state index in [2.05, 4.69) is 37.1 Å². The van der Waals surface area contributed by atoms with Gasteiger partial charge in [-0.25, -0.2) is 14.8 Å². The Labute approximate surface area is 251 Å². The summed E-state index contributed by atoms with van der Waals surface area (Å²) in [5.41, 5.74) is 5.20. The molecular weight excluding hydrogens is 550 g/mol. The highest BCUT2D eigenvalue weighted by atomic mass is 32.1. The second-order valence-corrected chi connectivity index (χ2v) is 14.0. The zero-order chi connectivity index (χ0) is 29.4. The largest absolute Gasteiger partial charge is 0.447 e. The molecule has 10 heteroatoms. The Hall–Kier alpha value is -3.08. The number of anilines is 1. The summed E-state index contributed by atoms with van der Waals surface area (Å²) >= 11 is 1.36. The van der Waals surface area contributed by atoms with Crippen LogP contribution < -0.4 is 10.2 Å². The van der Waals surface area contributed by atoms with Crippen LogP contribution in [0.25, 0.3) is 10.3 Å². The van der Waals surface area contributed by atoms with E-state index in [-0.39, 0.29) is 29.6 Å². The van der Waals surface area contributed by atoms with Crippen LogP contribution in [-0.4, -0.2) is 70.9 Å². The number of carbonyl (C=O) groups excluding carboxylic acids is 2. The number of benzene rings is 1. The summed E-state index contributed by atoms with van der Waals surface area (Å²) in [6, 6.07) is 9.69. The van der Waals surface area contributed by atoms with Crippen molar-refractivity contribution < 1.29 is 19.4 Å². The fourth-order valence-electron chi connectivity index (χ4n) is 6.36. The van der Waals surface area contributed by atoms with Crippen LogP contribution in [0.5, 0.6) is 0 Å². The number of nitrogens with one attached hydrogen (secondary N) is 1. The smallest absolute Gasteiger partial charge is 0.414 e. The molecule has 2 atom stereocenters. The molecule has 2 aliphatic heterocycles. The van der Waals surface area contributed by atoms with E-state index in [9.17, 15) is 14.7 Å². The van der Waals surface area contributed by atoms with Crippen LogP contribution >= 0.6 is 11.3 Å². The summed E-state index contributed by atoms with van der Waals surface area (Å²) < 4.78 is 5.09. The van der Waals surface area contributed by atoms with E-state index >= 15 is 0 Å². The van der Waals surface area contributed by atoms with Crippen molar-refractivity contribution in [3.8, 4) is 0 Å². The molecule has 3 aromatic rings. The van der Waals surface area contributed by atoms with E-state index in [0.717, 1.165) is 85.5 Å². The maximum atomic E-state index is 13.6. The highest BCUT2D eigenvalue weighted by Crippen LogP contribution is 2.38. The van der Waals surface area contributed by atoms with Gasteiger partial charge in [0, 0.05) is 31.0 Å². The van der Waals surface area contributed by atoms with Gasteiger partial charge in [-0.3, -0.25) is 9.69 Å². The van der Waals surface area contributed by atoms with Gasteiger partial charge < -0.3 is 20.1 Å². The van der Waals surface area contributed by atoms with E-state index in [0.29, 0.717) is 24.1 Å². The predicted molar refractivity (Wildman–Crippen MR) is 164 cm³/mol. The number of aryl methyl sites for hydroxylation is 1. The number of piperidine rings is 1. The Morgan fingerprint density at radius 1 is 1.14 bits per heavy atom. The average Bonchev–Trinajstić information content (AvgIpc) is 3.59. The minimum Gasteiger partial charge on any atom is -0.447 e. The highest BCUT2D eigenvalue weighted by Gasteiger charge is 2.30. The first-order valence-electron chi connectivity index (χ1n) is 15.2. The van der Waals surface area contributed by atoms with Gasteiger partial charge in [0.25, 0.3) is 5.91 Å². The van der Waals surface area contributed by atoms with E-state index in [1.54, 1.807) is 4.90 Å². The van der Waals surface area contributed by atoms with E-state index in [4.69, 9.17) is 14.7 Å². The molecule has 3 aliphatic rings. The average molecular weight is 592 g/mol. The third-order valence-electron chi connectivity index (χ3n) is 9.13. The Bertz CT molecular complexity index is 1440. The Morgan fingerprint density at radius 3 is 2.60 bits per heavy atom. The molecule has 2 saturated heterocycles. The molecule has 6 rings (SSSR count). The molecule has 2 N–H and O–H groups in total. The summed E-state index contributed by atoms with van der Waals surface area (Å²) in [6.07, 6.45) is 4.82. The molecule has 2 aromatic heterocycles. The fourth-order valence-corrected chi connectivity index (χ4v) is 7.20. The number of ether oxygens (including phenoxy) is 1. The Kier molecular flexibility index (Phi) is 8.22. The number of thiazole rings is 1. The maximum Gasteiger partial charge on any atom is 0.414 e. The number of hydrogen-bond donors (Lipinski definition) is 2. The van der Waals surface area contributed by atoms with Crippen LogP contribution in [0.1, 0.15) is 79.1 Å². The molecule has 0 unspecified atom stereocenters. The number of aromatic nitrogens is 2. The highest BCUT2D eigenvalue weighted by molar-refractivity contribution is 7.19. The molecule has 2 fully saturated rings. The molecule has 1 aromatic carbocycles. The number of fused-ring (bicyclic) bond motifs is 2. The van der Waals surface area contributed by atoms with Crippen LogP contribution in [0, 0.1) is 11.3 Å². The summed E-state index contributed by atoms with van der Waals surface area (Å²) in [5, 5.41) is 13.6. The van der Waals surface area contributed by atoms with Crippen LogP contribution in [-0.2, 0) is 17.6 Å². The lowest BCUT2D eigenvalue weighted by molar-refractivity contribution is 0.0795. The van der Waals surface area contributed by atoms with Crippen molar-refractivity contribution in [3.63, 3.8) is 0 Å². The number of pyridine rings is 1. The van der Waals surface area contributed by atoms with E-state index in [1.165, 1.54) is 16.9 Å². The van der Waals surface area contributed by atoms with Crippen LogP contribution in [0.3, 0.4) is 0 Å². The number of hydrogen-bond acceptors (Lipinski definition) is 8. The topological polar surface area (TPSA) is 108 Å². The van der Waals surface area contributed by atoms with Crippen LogP contribution in [0.15, 0.2) is 30.3 Å². The minimum atomic E-state index is -0.333. The molecule has 1 aliphatic carbocycles. The van der Waals surface area contributed by atoms with Crippen molar-refractivity contribution in [1.29, 1.82) is 0 Å². The quantitative estimate of drug-likeness (QED) is 0.393. The molecular formula is C32H41N5O4S.